The Balaban J connectivity index is 1.19. The van der Waals surface area contributed by atoms with Crippen molar-refractivity contribution < 1.29 is 9.13 Å². The van der Waals surface area contributed by atoms with Gasteiger partial charge >= 0.3 is 0 Å². The fourth-order valence-corrected chi connectivity index (χ4v) is 8.08. The van der Waals surface area contributed by atoms with E-state index in [0.29, 0.717) is 6.67 Å². The molecule has 0 N–H and O–H groups in total. The molecule has 1 aliphatic heterocycles. The number of para-hydroxylation sites is 3. The van der Waals surface area contributed by atoms with E-state index in [1.807, 2.05) is 18.3 Å². The van der Waals surface area contributed by atoms with Crippen LogP contribution in [0.15, 0.2) is 140 Å². The van der Waals surface area contributed by atoms with Crippen LogP contribution in [0.3, 0.4) is 0 Å². The van der Waals surface area contributed by atoms with Crippen LogP contribution in [-0.4, -0.2) is 16.2 Å². The standard InChI is InChI=1S/C47H39FN4O/c1-5-33-19-20-49-46(23-33)52-42-14-7-6-13-40(42)41-18-17-38(28-45(41)52)53-39-25-34(47-31(3)21-30(2)22-32(47)4)24-37(27-39)51-29-50(36-12-10-11-35(48)26-36)43-15-8-9-16-44(43)51/h6-28H,5,29H2,1-4H3. The maximum absolute atomic E-state index is 14.5. The number of rotatable bonds is 7. The van der Waals surface area contributed by atoms with Gasteiger partial charge in [-0.1, -0.05) is 61.0 Å². The molecule has 5 nitrogen and oxygen atoms in total. The van der Waals surface area contributed by atoms with Crippen molar-refractivity contribution in [2.45, 2.75) is 34.1 Å². The van der Waals surface area contributed by atoms with E-state index in [0.717, 1.165) is 68.5 Å². The van der Waals surface area contributed by atoms with Crippen LogP contribution in [0.2, 0.25) is 0 Å². The maximum Gasteiger partial charge on any atom is 0.137 e. The molecule has 3 heterocycles. The number of hydrogen-bond acceptors (Lipinski definition) is 4. The summed E-state index contributed by atoms with van der Waals surface area (Å²) in [4.78, 5) is 9.25. The molecule has 0 spiro atoms. The fourth-order valence-electron chi connectivity index (χ4n) is 8.08. The smallest absolute Gasteiger partial charge is 0.137 e. The van der Waals surface area contributed by atoms with E-state index in [9.17, 15) is 4.39 Å². The van der Waals surface area contributed by atoms with E-state index < -0.39 is 0 Å². The second-order valence-corrected chi connectivity index (χ2v) is 14.0. The van der Waals surface area contributed by atoms with Gasteiger partial charge in [0.1, 0.15) is 29.8 Å². The number of pyridine rings is 1. The van der Waals surface area contributed by atoms with Gasteiger partial charge in [-0.3, -0.25) is 4.57 Å². The van der Waals surface area contributed by atoms with Gasteiger partial charge in [0.2, 0.25) is 0 Å². The maximum atomic E-state index is 14.5. The zero-order valence-corrected chi connectivity index (χ0v) is 30.3. The molecule has 1 aliphatic rings. The average Bonchev–Trinajstić information content (AvgIpc) is 3.71. The van der Waals surface area contributed by atoms with Crippen molar-refractivity contribution in [2.75, 3.05) is 16.5 Å². The van der Waals surface area contributed by atoms with Gasteiger partial charge < -0.3 is 14.5 Å². The van der Waals surface area contributed by atoms with Gasteiger partial charge in [0, 0.05) is 40.5 Å². The Hall–Kier alpha value is -6.40. The third kappa shape index (κ3) is 5.77. The number of benzene rings is 6. The first-order valence-electron chi connectivity index (χ1n) is 18.1. The second-order valence-electron chi connectivity index (χ2n) is 14.0. The molecule has 9 rings (SSSR count). The van der Waals surface area contributed by atoms with E-state index in [1.54, 1.807) is 12.1 Å². The minimum atomic E-state index is -0.258. The Morgan fingerprint density at radius 1 is 0.642 bits per heavy atom. The van der Waals surface area contributed by atoms with Crippen molar-refractivity contribution in [1.29, 1.82) is 0 Å². The van der Waals surface area contributed by atoms with E-state index in [4.69, 9.17) is 9.72 Å². The summed E-state index contributed by atoms with van der Waals surface area (Å²) in [7, 11) is 0. The van der Waals surface area contributed by atoms with Crippen molar-refractivity contribution >= 4 is 44.6 Å². The van der Waals surface area contributed by atoms with Crippen LogP contribution in [-0.2, 0) is 6.42 Å². The molecule has 0 bridgehead atoms. The summed E-state index contributed by atoms with van der Waals surface area (Å²) in [5, 5.41) is 2.31. The minimum absolute atomic E-state index is 0.258. The lowest BCUT2D eigenvalue weighted by Gasteiger charge is -2.24. The number of anilines is 4. The Bertz CT molecular complexity index is 2670. The molecular weight excluding hydrogens is 656 g/mol. The molecule has 0 saturated heterocycles. The first-order valence-corrected chi connectivity index (χ1v) is 18.1. The molecule has 0 fully saturated rings. The SMILES string of the molecule is CCc1ccnc(-n2c3ccccc3c3ccc(Oc4cc(-c5c(C)cc(C)cc5C)cc(N5CN(c6cccc(F)c6)c6ccccc65)c4)cc32)c1. The lowest BCUT2D eigenvalue weighted by atomic mass is 9.93. The summed E-state index contributed by atoms with van der Waals surface area (Å²) in [6.07, 6.45) is 2.82. The predicted molar refractivity (Wildman–Crippen MR) is 216 cm³/mol. The van der Waals surface area contributed by atoms with E-state index in [-0.39, 0.29) is 5.82 Å². The van der Waals surface area contributed by atoms with E-state index >= 15 is 0 Å². The normalized spacial score (nSPS) is 12.5. The van der Waals surface area contributed by atoms with Crippen molar-refractivity contribution in [3.8, 4) is 28.4 Å². The lowest BCUT2D eigenvalue weighted by molar-refractivity contribution is 0.483. The third-order valence-corrected chi connectivity index (χ3v) is 10.4. The van der Waals surface area contributed by atoms with Gasteiger partial charge in [-0.05, 0) is 128 Å². The van der Waals surface area contributed by atoms with E-state index in [1.165, 1.54) is 39.3 Å². The number of aryl methyl sites for hydroxylation is 4. The van der Waals surface area contributed by atoms with Gasteiger partial charge in [-0.25, -0.2) is 9.37 Å². The molecule has 0 amide bonds. The topological polar surface area (TPSA) is 33.5 Å². The van der Waals surface area contributed by atoms with Gasteiger partial charge in [-0.2, -0.15) is 0 Å². The fraction of sp³-hybridized carbons (Fsp3) is 0.128. The second kappa shape index (κ2) is 13.0. The summed E-state index contributed by atoms with van der Waals surface area (Å²) in [5.41, 5.74) is 13.1. The first-order chi connectivity index (χ1) is 25.8. The minimum Gasteiger partial charge on any atom is -0.457 e. The highest BCUT2D eigenvalue weighted by Gasteiger charge is 2.29. The molecule has 8 aromatic rings. The van der Waals surface area contributed by atoms with Crippen molar-refractivity contribution in [3.63, 3.8) is 0 Å². The molecule has 2 aromatic heterocycles. The summed E-state index contributed by atoms with van der Waals surface area (Å²) in [6, 6.07) is 45.1. The van der Waals surface area contributed by atoms with Crippen LogP contribution in [0.25, 0.3) is 38.8 Å². The number of nitrogens with zero attached hydrogens (tertiary/aromatic N) is 4. The zero-order chi connectivity index (χ0) is 36.2. The summed E-state index contributed by atoms with van der Waals surface area (Å²) < 4.78 is 23.6. The lowest BCUT2D eigenvalue weighted by Crippen LogP contribution is -2.24. The molecule has 6 aromatic carbocycles. The third-order valence-electron chi connectivity index (χ3n) is 10.4. The number of hydrogen-bond donors (Lipinski definition) is 0. The van der Waals surface area contributed by atoms with Gasteiger partial charge in [0.25, 0.3) is 0 Å². The molecule has 53 heavy (non-hydrogen) atoms. The highest BCUT2D eigenvalue weighted by molar-refractivity contribution is 6.09. The van der Waals surface area contributed by atoms with Crippen LogP contribution < -0.4 is 14.5 Å². The summed E-state index contributed by atoms with van der Waals surface area (Å²) in [5.74, 6) is 2.09. The number of aromatic nitrogens is 2. The molecule has 0 aliphatic carbocycles. The predicted octanol–water partition coefficient (Wildman–Crippen LogP) is 12.5. The number of halogens is 1. The van der Waals surface area contributed by atoms with Crippen LogP contribution >= 0.6 is 0 Å². The Morgan fingerprint density at radius 2 is 1.38 bits per heavy atom. The molecular formula is C47H39FN4O. The largest absolute Gasteiger partial charge is 0.457 e. The Labute approximate surface area is 309 Å². The zero-order valence-electron chi connectivity index (χ0n) is 30.3. The highest BCUT2D eigenvalue weighted by Crippen LogP contribution is 2.46. The number of ether oxygens (including phenoxy) is 1. The summed E-state index contributed by atoms with van der Waals surface area (Å²) >= 11 is 0. The molecule has 0 radical (unpaired) electrons. The van der Waals surface area contributed by atoms with E-state index in [2.05, 4.69) is 145 Å². The van der Waals surface area contributed by atoms with Crippen molar-refractivity contribution in [2.24, 2.45) is 0 Å². The molecule has 0 atom stereocenters. The summed E-state index contributed by atoms with van der Waals surface area (Å²) in [6.45, 7) is 9.17. The first kappa shape index (κ1) is 32.5. The van der Waals surface area contributed by atoms with Crippen LogP contribution in [0, 0.1) is 26.6 Å². The highest BCUT2D eigenvalue weighted by atomic mass is 19.1. The number of fused-ring (bicyclic) bond motifs is 4. The molecule has 0 saturated carbocycles. The van der Waals surface area contributed by atoms with Gasteiger partial charge in [0.15, 0.2) is 0 Å². The van der Waals surface area contributed by atoms with Crippen molar-refractivity contribution in [1.82, 2.24) is 9.55 Å². The van der Waals surface area contributed by atoms with Crippen LogP contribution in [0.4, 0.5) is 27.1 Å². The van der Waals surface area contributed by atoms with Crippen LogP contribution in [0.1, 0.15) is 29.2 Å². The Morgan fingerprint density at radius 3 is 2.15 bits per heavy atom. The quantitative estimate of drug-likeness (QED) is 0.166. The van der Waals surface area contributed by atoms with Gasteiger partial charge in [0.05, 0.1) is 22.4 Å². The van der Waals surface area contributed by atoms with Crippen LogP contribution in [0.5, 0.6) is 11.5 Å². The van der Waals surface area contributed by atoms with Crippen molar-refractivity contribution in [3.05, 3.63) is 168 Å². The monoisotopic (exact) mass is 694 g/mol. The molecule has 6 heteroatoms. The molecule has 0 unspecified atom stereocenters. The average molecular weight is 695 g/mol. The van der Waals surface area contributed by atoms with Gasteiger partial charge in [-0.15, -0.1) is 0 Å². The Kier molecular flexibility index (Phi) is 7.96. The molecule has 260 valence electrons.